The van der Waals surface area contributed by atoms with Crippen LogP contribution in [-0.4, -0.2) is 19.0 Å². The molecule has 0 radical (unpaired) electrons. The normalized spacial score (nSPS) is 10.0. The first-order valence-electron chi connectivity index (χ1n) is 5.96. The highest BCUT2D eigenvalue weighted by Gasteiger charge is 2.14. The molecule has 0 bridgehead atoms. The Morgan fingerprint density at radius 1 is 1.14 bits per heavy atom. The van der Waals surface area contributed by atoms with E-state index in [2.05, 4.69) is 32.6 Å². The van der Waals surface area contributed by atoms with Crippen LogP contribution in [-0.2, 0) is 4.74 Å². The van der Waals surface area contributed by atoms with Crippen LogP contribution in [0.3, 0.4) is 0 Å². The molecule has 0 atom stereocenters. The molecular weight excluding hydrogens is 405 g/mol. The summed E-state index contributed by atoms with van der Waals surface area (Å²) in [5.41, 5.74) is 1.25. The number of anilines is 1. The third kappa shape index (κ3) is 3.74. The number of esters is 1. The van der Waals surface area contributed by atoms with Crippen LogP contribution in [0.4, 0.5) is 5.69 Å². The summed E-state index contributed by atoms with van der Waals surface area (Å²) in [7, 11) is 1.27. The molecule has 4 nitrogen and oxygen atoms in total. The zero-order valence-corrected chi connectivity index (χ0v) is 13.9. The van der Waals surface area contributed by atoms with Crippen molar-refractivity contribution in [3.63, 3.8) is 0 Å². The molecule has 1 amide bonds. The third-order valence-electron chi connectivity index (χ3n) is 2.75. The fraction of sp³-hybridized carbons (Fsp3) is 0.0667. The van der Waals surface area contributed by atoms with E-state index in [-0.39, 0.29) is 16.5 Å². The van der Waals surface area contributed by atoms with Gasteiger partial charge < -0.3 is 10.1 Å². The number of benzene rings is 2. The molecular formula is C15H11ClINO3. The van der Waals surface area contributed by atoms with Gasteiger partial charge in [0.05, 0.1) is 23.3 Å². The van der Waals surface area contributed by atoms with Gasteiger partial charge in [-0.15, -0.1) is 0 Å². The van der Waals surface area contributed by atoms with E-state index in [1.807, 2.05) is 12.1 Å². The van der Waals surface area contributed by atoms with E-state index < -0.39 is 5.97 Å². The van der Waals surface area contributed by atoms with Crippen molar-refractivity contribution in [1.29, 1.82) is 0 Å². The van der Waals surface area contributed by atoms with Crippen LogP contribution in [0.2, 0.25) is 5.02 Å². The van der Waals surface area contributed by atoms with Crippen molar-refractivity contribution in [1.82, 2.24) is 0 Å². The summed E-state index contributed by atoms with van der Waals surface area (Å²) in [4.78, 5) is 23.8. The van der Waals surface area contributed by atoms with Crippen molar-refractivity contribution >= 4 is 51.8 Å². The fourth-order valence-electron chi connectivity index (χ4n) is 1.71. The van der Waals surface area contributed by atoms with Crippen molar-refractivity contribution in [3.05, 3.63) is 62.2 Å². The summed E-state index contributed by atoms with van der Waals surface area (Å²) in [6.45, 7) is 0. The summed E-state index contributed by atoms with van der Waals surface area (Å²) >= 11 is 8.02. The minimum Gasteiger partial charge on any atom is -0.465 e. The molecule has 2 aromatic carbocycles. The molecule has 0 heterocycles. The van der Waals surface area contributed by atoms with E-state index >= 15 is 0 Å². The molecule has 21 heavy (non-hydrogen) atoms. The Hall–Kier alpha value is -1.60. The van der Waals surface area contributed by atoms with Gasteiger partial charge in [0.25, 0.3) is 5.91 Å². The smallest absolute Gasteiger partial charge is 0.339 e. The number of carbonyl (C=O) groups excluding carboxylic acids is 2. The average Bonchev–Trinajstić information content (AvgIpc) is 2.48. The van der Waals surface area contributed by atoms with Crippen molar-refractivity contribution in [2.75, 3.05) is 12.4 Å². The van der Waals surface area contributed by atoms with Crippen LogP contribution in [0.5, 0.6) is 0 Å². The molecule has 0 aliphatic heterocycles. The molecule has 0 aliphatic carbocycles. The Balaban J connectivity index is 2.26. The number of hydrogen-bond acceptors (Lipinski definition) is 3. The zero-order chi connectivity index (χ0) is 15.4. The van der Waals surface area contributed by atoms with E-state index in [0.29, 0.717) is 11.3 Å². The topological polar surface area (TPSA) is 55.4 Å². The van der Waals surface area contributed by atoms with Crippen LogP contribution in [0.1, 0.15) is 20.7 Å². The molecule has 0 saturated carbocycles. The lowest BCUT2D eigenvalue weighted by Gasteiger charge is -2.09. The Morgan fingerprint density at radius 3 is 2.52 bits per heavy atom. The molecule has 2 rings (SSSR count). The molecule has 6 heteroatoms. The second-order valence-electron chi connectivity index (χ2n) is 4.12. The largest absolute Gasteiger partial charge is 0.465 e. The van der Waals surface area contributed by atoms with Gasteiger partial charge in [-0.2, -0.15) is 0 Å². The minimum absolute atomic E-state index is 0.208. The van der Waals surface area contributed by atoms with Crippen LogP contribution in [0, 0.1) is 3.57 Å². The molecule has 0 aliphatic rings. The first-order valence-corrected chi connectivity index (χ1v) is 7.42. The van der Waals surface area contributed by atoms with Gasteiger partial charge in [-0.3, -0.25) is 4.79 Å². The predicted molar refractivity (Wildman–Crippen MR) is 89.9 cm³/mol. The van der Waals surface area contributed by atoms with Gasteiger partial charge in [0, 0.05) is 9.26 Å². The van der Waals surface area contributed by atoms with Gasteiger partial charge in [0.15, 0.2) is 0 Å². The second-order valence-corrected chi connectivity index (χ2v) is 5.69. The average molecular weight is 416 g/mol. The standard InChI is InChI=1S/C15H11ClINO3/c1-21-15(20)11-8-9(6-7-12(11)16)18-14(19)10-4-2-3-5-13(10)17/h2-8H,1H3,(H,18,19). The first kappa shape index (κ1) is 15.8. The number of halogens is 2. The molecule has 0 aromatic heterocycles. The Kier molecular flexibility index (Phi) is 5.19. The molecule has 2 aromatic rings. The summed E-state index contributed by atoms with van der Waals surface area (Å²) in [5, 5.41) is 3.01. The van der Waals surface area contributed by atoms with Gasteiger partial charge in [-0.1, -0.05) is 23.7 Å². The minimum atomic E-state index is -0.551. The maximum Gasteiger partial charge on any atom is 0.339 e. The number of ether oxygens (including phenoxy) is 1. The van der Waals surface area contributed by atoms with Crippen molar-refractivity contribution in [2.45, 2.75) is 0 Å². The van der Waals surface area contributed by atoms with Crippen LogP contribution in [0.15, 0.2) is 42.5 Å². The number of hydrogen-bond donors (Lipinski definition) is 1. The van der Waals surface area contributed by atoms with Gasteiger partial charge in [0.1, 0.15) is 0 Å². The maximum atomic E-state index is 12.2. The third-order valence-corrected chi connectivity index (χ3v) is 4.02. The van der Waals surface area contributed by atoms with E-state index in [9.17, 15) is 9.59 Å². The number of amides is 1. The quantitative estimate of drug-likeness (QED) is 0.609. The number of nitrogens with one attached hydrogen (secondary N) is 1. The summed E-state index contributed by atoms with van der Waals surface area (Å²) in [6, 6.07) is 11.9. The lowest BCUT2D eigenvalue weighted by atomic mass is 10.1. The number of rotatable bonds is 3. The monoisotopic (exact) mass is 415 g/mol. The van der Waals surface area contributed by atoms with Crippen LogP contribution in [0.25, 0.3) is 0 Å². The number of carbonyl (C=O) groups is 2. The SMILES string of the molecule is COC(=O)c1cc(NC(=O)c2ccccc2I)ccc1Cl. The van der Waals surface area contributed by atoms with E-state index in [4.69, 9.17) is 11.6 Å². The molecule has 1 N–H and O–H groups in total. The van der Waals surface area contributed by atoms with E-state index in [0.717, 1.165) is 3.57 Å². The summed E-state index contributed by atoms with van der Waals surface area (Å²) in [5.74, 6) is -0.802. The zero-order valence-electron chi connectivity index (χ0n) is 11.0. The molecule has 0 saturated heterocycles. The highest BCUT2D eigenvalue weighted by Crippen LogP contribution is 2.22. The number of methoxy groups -OCH3 is 1. The highest BCUT2D eigenvalue weighted by atomic mass is 127. The van der Waals surface area contributed by atoms with E-state index in [1.165, 1.54) is 13.2 Å². The Morgan fingerprint density at radius 2 is 1.86 bits per heavy atom. The Bertz CT molecular complexity index is 703. The first-order chi connectivity index (χ1) is 10.0. The lowest BCUT2D eigenvalue weighted by molar-refractivity contribution is 0.0600. The summed E-state index contributed by atoms with van der Waals surface area (Å²) < 4.78 is 5.49. The Labute approximate surface area is 140 Å². The van der Waals surface area contributed by atoms with Crippen molar-refractivity contribution in [2.24, 2.45) is 0 Å². The van der Waals surface area contributed by atoms with Crippen molar-refractivity contribution in [3.8, 4) is 0 Å². The lowest BCUT2D eigenvalue weighted by Crippen LogP contribution is -2.14. The van der Waals surface area contributed by atoms with Crippen molar-refractivity contribution < 1.29 is 14.3 Å². The van der Waals surface area contributed by atoms with Crippen LogP contribution >= 0.6 is 34.2 Å². The molecule has 0 unspecified atom stereocenters. The fourth-order valence-corrected chi connectivity index (χ4v) is 2.54. The molecule has 0 fully saturated rings. The predicted octanol–water partition coefficient (Wildman–Crippen LogP) is 3.98. The second kappa shape index (κ2) is 6.91. The van der Waals surface area contributed by atoms with Gasteiger partial charge in [-0.05, 0) is 52.9 Å². The molecule has 0 spiro atoms. The van der Waals surface area contributed by atoms with Crippen LogP contribution < -0.4 is 5.32 Å². The summed E-state index contributed by atoms with van der Waals surface area (Å²) in [6.07, 6.45) is 0. The van der Waals surface area contributed by atoms with Gasteiger partial charge in [0.2, 0.25) is 0 Å². The van der Waals surface area contributed by atoms with E-state index in [1.54, 1.807) is 24.3 Å². The van der Waals surface area contributed by atoms with Gasteiger partial charge >= 0.3 is 5.97 Å². The van der Waals surface area contributed by atoms with Gasteiger partial charge in [-0.25, -0.2) is 4.79 Å². The highest BCUT2D eigenvalue weighted by molar-refractivity contribution is 14.1. The maximum absolute atomic E-state index is 12.2. The molecule has 108 valence electrons.